The Bertz CT molecular complexity index is 449. The zero-order valence-corrected chi connectivity index (χ0v) is 9.02. The van der Waals surface area contributed by atoms with Crippen LogP contribution in [0.2, 0.25) is 0 Å². The lowest BCUT2D eigenvalue weighted by atomic mass is 10.2. The highest BCUT2D eigenvalue weighted by molar-refractivity contribution is 5.84. The van der Waals surface area contributed by atoms with E-state index in [9.17, 15) is 9.59 Å². The fourth-order valence-electron chi connectivity index (χ4n) is 1.74. The summed E-state index contributed by atoms with van der Waals surface area (Å²) in [6.45, 7) is 4.17. The molecule has 0 unspecified atom stereocenters. The molecule has 1 saturated heterocycles. The predicted molar refractivity (Wildman–Crippen MR) is 58.0 cm³/mol. The van der Waals surface area contributed by atoms with Crippen LogP contribution in [0.1, 0.15) is 16.1 Å². The maximum Gasteiger partial charge on any atom is 0.347 e. The topological polar surface area (TPSA) is 75.3 Å². The third-order valence-electron chi connectivity index (χ3n) is 2.58. The summed E-state index contributed by atoms with van der Waals surface area (Å²) in [6.07, 6.45) is 0.725. The zero-order valence-electron chi connectivity index (χ0n) is 9.02. The first-order chi connectivity index (χ1) is 7.72. The summed E-state index contributed by atoms with van der Waals surface area (Å²) in [5, 5.41) is 0. The number of aromatic amines is 1. The van der Waals surface area contributed by atoms with E-state index in [1.54, 1.807) is 6.92 Å². The summed E-state index contributed by atoms with van der Waals surface area (Å²) in [5.74, 6) is 0.458. The molecule has 0 saturated carbocycles. The Balaban J connectivity index is 2.44. The highest BCUT2D eigenvalue weighted by atomic mass is 16.5. The second-order valence-electron chi connectivity index (χ2n) is 3.62. The number of carbonyl (C=O) groups excluding carboxylic acids is 1. The maximum atomic E-state index is 11.3. The first-order valence-electron chi connectivity index (χ1n) is 5.11. The summed E-state index contributed by atoms with van der Waals surface area (Å²) >= 11 is 0. The van der Waals surface area contributed by atoms with Gasteiger partial charge in [0.05, 0.1) is 18.8 Å². The molecule has 6 nitrogen and oxygen atoms in total. The van der Waals surface area contributed by atoms with Crippen molar-refractivity contribution in [2.45, 2.75) is 6.92 Å². The number of aryl methyl sites for hydroxylation is 1. The summed E-state index contributed by atoms with van der Waals surface area (Å²) in [5.41, 5.74) is 0.572. The molecular weight excluding hydrogens is 210 g/mol. The van der Waals surface area contributed by atoms with E-state index in [1.165, 1.54) is 0 Å². The van der Waals surface area contributed by atoms with Crippen molar-refractivity contribution in [2.75, 3.05) is 31.2 Å². The second-order valence-corrected chi connectivity index (χ2v) is 3.62. The lowest BCUT2D eigenvalue weighted by molar-refractivity contribution is 0.111. The van der Waals surface area contributed by atoms with Gasteiger partial charge in [0.15, 0.2) is 6.29 Å². The molecule has 16 heavy (non-hydrogen) atoms. The Morgan fingerprint density at radius 1 is 1.44 bits per heavy atom. The minimum Gasteiger partial charge on any atom is -0.378 e. The van der Waals surface area contributed by atoms with Crippen LogP contribution in [0.15, 0.2) is 4.79 Å². The van der Waals surface area contributed by atoms with E-state index in [0.717, 1.165) is 6.29 Å². The Labute approximate surface area is 92.3 Å². The van der Waals surface area contributed by atoms with Crippen molar-refractivity contribution in [3.8, 4) is 0 Å². The number of nitrogens with zero attached hydrogens (tertiary/aromatic N) is 2. The highest BCUT2D eigenvalue weighted by Gasteiger charge is 2.18. The fourth-order valence-corrected chi connectivity index (χ4v) is 1.74. The smallest absolute Gasteiger partial charge is 0.347 e. The monoisotopic (exact) mass is 223 g/mol. The third kappa shape index (κ3) is 1.96. The molecule has 86 valence electrons. The first kappa shape index (κ1) is 10.8. The number of rotatable bonds is 2. The highest BCUT2D eigenvalue weighted by Crippen LogP contribution is 2.17. The van der Waals surface area contributed by atoms with Gasteiger partial charge in [-0.05, 0) is 6.92 Å². The molecule has 1 aromatic rings. The molecule has 0 aromatic carbocycles. The minimum absolute atomic E-state index is 0.426. The van der Waals surface area contributed by atoms with Crippen molar-refractivity contribution in [3.63, 3.8) is 0 Å². The van der Waals surface area contributed by atoms with Crippen LogP contribution in [-0.2, 0) is 4.74 Å². The lowest BCUT2D eigenvalue weighted by Gasteiger charge is -2.28. The average molecular weight is 223 g/mol. The molecule has 0 aliphatic carbocycles. The Morgan fingerprint density at radius 3 is 2.75 bits per heavy atom. The predicted octanol–water partition coefficient (Wildman–Crippen LogP) is -0.273. The normalized spacial score (nSPS) is 16.2. The number of hydrogen-bond donors (Lipinski definition) is 1. The molecule has 1 aliphatic heterocycles. The molecule has 0 amide bonds. The second kappa shape index (κ2) is 4.44. The van der Waals surface area contributed by atoms with Gasteiger partial charge in [-0.3, -0.25) is 4.79 Å². The van der Waals surface area contributed by atoms with Gasteiger partial charge in [-0.1, -0.05) is 0 Å². The Morgan fingerprint density at radius 2 is 2.12 bits per heavy atom. The lowest BCUT2D eigenvalue weighted by Crippen LogP contribution is -2.38. The van der Waals surface area contributed by atoms with E-state index in [-0.39, 0.29) is 0 Å². The fraction of sp³-hybridized carbons (Fsp3) is 0.500. The number of anilines is 1. The van der Waals surface area contributed by atoms with Crippen LogP contribution >= 0.6 is 0 Å². The first-order valence-corrected chi connectivity index (χ1v) is 5.11. The number of ether oxygens (including phenoxy) is 1. The van der Waals surface area contributed by atoms with Crippen LogP contribution in [0.3, 0.4) is 0 Å². The summed E-state index contributed by atoms with van der Waals surface area (Å²) in [7, 11) is 0. The Hall–Kier alpha value is -1.69. The molecule has 1 fully saturated rings. The van der Waals surface area contributed by atoms with Crippen molar-refractivity contribution >= 4 is 12.1 Å². The van der Waals surface area contributed by atoms with E-state index in [1.807, 2.05) is 4.90 Å². The molecule has 1 N–H and O–H groups in total. The van der Waals surface area contributed by atoms with Gasteiger partial charge in [-0.15, -0.1) is 0 Å². The van der Waals surface area contributed by atoms with Crippen LogP contribution in [0.25, 0.3) is 0 Å². The molecule has 2 heterocycles. The van der Waals surface area contributed by atoms with Gasteiger partial charge < -0.3 is 14.6 Å². The van der Waals surface area contributed by atoms with Gasteiger partial charge >= 0.3 is 5.69 Å². The standard InChI is InChI=1S/C10H13N3O3/c1-7-8(6-14)9(12-10(15)11-7)13-2-4-16-5-3-13/h6H,2-5H2,1H3,(H,11,12,15). The molecule has 0 bridgehead atoms. The number of aldehydes is 1. The van der Waals surface area contributed by atoms with E-state index < -0.39 is 5.69 Å². The number of H-pyrrole nitrogens is 1. The largest absolute Gasteiger partial charge is 0.378 e. The molecule has 0 spiro atoms. The summed E-state index contributed by atoms with van der Waals surface area (Å²) < 4.78 is 5.21. The van der Waals surface area contributed by atoms with E-state index in [4.69, 9.17) is 4.74 Å². The van der Waals surface area contributed by atoms with Crippen LogP contribution in [0, 0.1) is 6.92 Å². The molecule has 0 radical (unpaired) electrons. The quantitative estimate of drug-likeness (QED) is 0.698. The summed E-state index contributed by atoms with van der Waals surface area (Å²) in [4.78, 5) is 30.5. The maximum absolute atomic E-state index is 11.3. The van der Waals surface area contributed by atoms with Crippen molar-refractivity contribution in [2.24, 2.45) is 0 Å². The van der Waals surface area contributed by atoms with Gasteiger partial charge in [0.25, 0.3) is 0 Å². The molecule has 6 heteroatoms. The van der Waals surface area contributed by atoms with Crippen molar-refractivity contribution in [3.05, 3.63) is 21.7 Å². The van der Waals surface area contributed by atoms with Gasteiger partial charge in [-0.2, -0.15) is 4.98 Å². The number of morpholine rings is 1. The van der Waals surface area contributed by atoms with Crippen molar-refractivity contribution in [1.82, 2.24) is 9.97 Å². The van der Waals surface area contributed by atoms with E-state index in [2.05, 4.69) is 9.97 Å². The average Bonchev–Trinajstić information content (AvgIpc) is 2.29. The van der Waals surface area contributed by atoms with Gasteiger partial charge in [-0.25, -0.2) is 4.79 Å². The zero-order chi connectivity index (χ0) is 11.5. The third-order valence-corrected chi connectivity index (χ3v) is 2.58. The molecule has 2 rings (SSSR count). The van der Waals surface area contributed by atoms with Gasteiger partial charge in [0.2, 0.25) is 0 Å². The summed E-state index contributed by atoms with van der Waals surface area (Å²) in [6, 6.07) is 0. The molecule has 1 aliphatic rings. The molecule has 0 atom stereocenters. The number of carbonyl (C=O) groups is 1. The minimum atomic E-state index is -0.426. The van der Waals surface area contributed by atoms with Gasteiger partial charge in [0, 0.05) is 18.8 Å². The van der Waals surface area contributed by atoms with Crippen molar-refractivity contribution in [1.29, 1.82) is 0 Å². The van der Waals surface area contributed by atoms with Crippen LogP contribution < -0.4 is 10.6 Å². The number of nitrogens with one attached hydrogen (secondary N) is 1. The SMILES string of the molecule is Cc1[nH]c(=O)nc(N2CCOCC2)c1C=O. The van der Waals surface area contributed by atoms with E-state index >= 15 is 0 Å². The van der Waals surface area contributed by atoms with Crippen molar-refractivity contribution < 1.29 is 9.53 Å². The Kier molecular flexibility index (Phi) is 3.00. The van der Waals surface area contributed by atoms with Crippen LogP contribution in [0.4, 0.5) is 5.82 Å². The van der Waals surface area contributed by atoms with Gasteiger partial charge in [0.1, 0.15) is 5.82 Å². The van der Waals surface area contributed by atoms with Crippen LogP contribution in [-0.4, -0.2) is 42.6 Å². The number of hydrogen-bond acceptors (Lipinski definition) is 5. The molecular formula is C10H13N3O3. The molecule has 1 aromatic heterocycles. The van der Waals surface area contributed by atoms with Crippen LogP contribution in [0.5, 0.6) is 0 Å². The number of aromatic nitrogens is 2. The van der Waals surface area contributed by atoms with E-state index in [0.29, 0.717) is 43.4 Å².